The summed E-state index contributed by atoms with van der Waals surface area (Å²) in [7, 11) is 0. The molecular weight excluding hydrogens is 242 g/mol. The van der Waals surface area contributed by atoms with Crippen LogP contribution in [0.2, 0.25) is 0 Å². The Labute approximate surface area is 114 Å². The Morgan fingerprint density at radius 1 is 1.05 bits per heavy atom. The Morgan fingerprint density at radius 3 is 2.42 bits per heavy atom. The minimum Gasteiger partial charge on any atom is -0.504 e. The normalized spacial score (nSPS) is 18.4. The minimum atomic E-state index is -0.0946. The molecule has 1 aliphatic carbocycles. The van der Waals surface area contributed by atoms with E-state index < -0.39 is 0 Å². The van der Waals surface area contributed by atoms with Gasteiger partial charge in [-0.2, -0.15) is 0 Å². The van der Waals surface area contributed by atoms with Crippen LogP contribution in [0, 0.1) is 5.41 Å². The van der Waals surface area contributed by atoms with Crippen molar-refractivity contribution in [1.82, 2.24) is 5.32 Å². The molecule has 0 spiro atoms. The first-order chi connectivity index (χ1) is 9.15. The van der Waals surface area contributed by atoms with Gasteiger partial charge in [-0.15, -0.1) is 0 Å². The van der Waals surface area contributed by atoms with Gasteiger partial charge in [-0.1, -0.05) is 25.3 Å². The molecular formula is C15H23NO3. The smallest absolute Gasteiger partial charge is 0.157 e. The standard InChI is InChI=1S/C15H23NO3/c17-11-15(6-2-1-3-7-15)10-16-9-12-4-5-13(18)14(19)8-12/h4-5,8,16-19H,1-3,6-7,9-11H2. The number of benzene rings is 1. The first-order valence-corrected chi connectivity index (χ1v) is 6.98. The Morgan fingerprint density at radius 2 is 1.79 bits per heavy atom. The van der Waals surface area contributed by atoms with E-state index >= 15 is 0 Å². The molecule has 19 heavy (non-hydrogen) atoms. The number of nitrogens with one attached hydrogen (secondary N) is 1. The highest BCUT2D eigenvalue weighted by molar-refractivity contribution is 5.40. The number of aromatic hydroxyl groups is 2. The van der Waals surface area contributed by atoms with Crippen molar-refractivity contribution in [3.8, 4) is 11.5 Å². The van der Waals surface area contributed by atoms with Gasteiger partial charge in [-0.25, -0.2) is 0 Å². The third kappa shape index (κ3) is 3.61. The van der Waals surface area contributed by atoms with E-state index in [-0.39, 0.29) is 23.5 Å². The molecule has 4 N–H and O–H groups in total. The average molecular weight is 265 g/mol. The van der Waals surface area contributed by atoms with Gasteiger partial charge in [0.05, 0.1) is 0 Å². The predicted molar refractivity (Wildman–Crippen MR) is 74.1 cm³/mol. The van der Waals surface area contributed by atoms with Gasteiger partial charge in [0.2, 0.25) is 0 Å². The molecule has 0 unspecified atom stereocenters. The molecule has 0 atom stereocenters. The van der Waals surface area contributed by atoms with E-state index in [1.54, 1.807) is 12.1 Å². The van der Waals surface area contributed by atoms with E-state index in [2.05, 4.69) is 5.32 Å². The van der Waals surface area contributed by atoms with E-state index in [1.165, 1.54) is 25.3 Å². The van der Waals surface area contributed by atoms with Gasteiger partial charge in [-0.3, -0.25) is 0 Å². The van der Waals surface area contributed by atoms with Crippen LogP contribution in [0.3, 0.4) is 0 Å². The monoisotopic (exact) mass is 265 g/mol. The fourth-order valence-corrected chi connectivity index (χ4v) is 2.84. The van der Waals surface area contributed by atoms with Crippen molar-refractivity contribution in [3.05, 3.63) is 23.8 Å². The largest absolute Gasteiger partial charge is 0.504 e. The highest BCUT2D eigenvalue weighted by atomic mass is 16.3. The summed E-state index contributed by atoms with van der Waals surface area (Å²) in [4.78, 5) is 0. The lowest BCUT2D eigenvalue weighted by Crippen LogP contribution is -2.38. The number of aliphatic hydroxyl groups is 1. The Balaban J connectivity index is 1.86. The topological polar surface area (TPSA) is 72.7 Å². The number of rotatable bonds is 5. The Kier molecular flexibility index (Phi) is 4.66. The SMILES string of the molecule is OCC1(CNCc2ccc(O)c(O)c2)CCCCC1. The summed E-state index contributed by atoms with van der Waals surface area (Å²) in [6.07, 6.45) is 5.83. The number of hydrogen-bond donors (Lipinski definition) is 4. The van der Waals surface area contributed by atoms with Crippen LogP contribution in [0.5, 0.6) is 11.5 Å². The van der Waals surface area contributed by atoms with Gasteiger partial charge in [0.25, 0.3) is 0 Å². The van der Waals surface area contributed by atoms with Crippen LogP contribution >= 0.6 is 0 Å². The molecule has 0 heterocycles. The van der Waals surface area contributed by atoms with Gasteiger partial charge in [-0.05, 0) is 30.5 Å². The van der Waals surface area contributed by atoms with Crippen LogP contribution in [-0.4, -0.2) is 28.5 Å². The maximum Gasteiger partial charge on any atom is 0.157 e. The summed E-state index contributed by atoms with van der Waals surface area (Å²) in [5.74, 6) is -0.184. The van der Waals surface area contributed by atoms with Crippen molar-refractivity contribution in [2.75, 3.05) is 13.2 Å². The number of hydrogen-bond acceptors (Lipinski definition) is 4. The molecule has 0 aromatic heterocycles. The molecule has 106 valence electrons. The second-order valence-electron chi connectivity index (χ2n) is 5.65. The first kappa shape index (κ1) is 14.2. The molecule has 0 amide bonds. The van der Waals surface area contributed by atoms with Crippen LogP contribution in [-0.2, 0) is 6.54 Å². The third-order valence-corrected chi connectivity index (χ3v) is 4.12. The van der Waals surface area contributed by atoms with E-state index in [0.29, 0.717) is 6.54 Å². The fraction of sp³-hybridized carbons (Fsp3) is 0.600. The summed E-state index contributed by atoms with van der Waals surface area (Å²) in [6.45, 7) is 1.67. The van der Waals surface area contributed by atoms with E-state index in [4.69, 9.17) is 0 Å². The van der Waals surface area contributed by atoms with Gasteiger partial charge in [0.1, 0.15) is 0 Å². The molecule has 4 heteroatoms. The Bertz CT molecular complexity index is 414. The second-order valence-corrected chi connectivity index (χ2v) is 5.65. The molecule has 4 nitrogen and oxygen atoms in total. The second kappa shape index (κ2) is 6.26. The van der Waals surface area contributed by atoms with Crippen LogP contribution in [0.15, 0.2) is 18.2 Å². The number of aliphatic hydroxyl groups excluding tert-OH is 1. The molecule has 0 aliphatic heterocycles. The average Bonchev–Trinajstić information content (AvgIpc) is 2.44. The van der Waals surface area contributed by atoms with Crippen LogP contribution in [0.25, 0.3) is 0 Å². The van der Waals surface area contributed by atoms with Crippen molar-refractivity contribution >= 4 is 0 Å². The minimum absolute atomic E-state index is 0.0250. The van der Waals surface area contributed by atoms with E-state index in [1.807, 2.05) is 0 Å². The highest BCUT2D eigenvalue weighted by Gasteiger charge is 2.30. The molecule has 1 fully saturated rings. The lowest BCUT2D eigenvalue weighted by atomic mass is 9.74. The van der Waals surface area contributed by atoms with Gasteiger partial charge < -0.3 is 20.6 Å². The molecule has 1 aliphatic rings. The first-order valence-electron chi connectivity index (χ1n) is 6.98. The summed E-state index contributed by atoms with van der Waals surface area (Å²) in [6, 6.07) is 4.85. The fourth-order valence-electron chi connectivity index (χ4n) is 2.84. The maximum absolute atomic E-state index is 9.61. The van der Waals surface area contributed by atoms with Crippen LogP contribution in [0.1, 0.15) is 37.7 Å². The quantitative estimate of drug-likeness (QED) is 0.615. The summed E-state index contributed by atoms with van der Waals surface area (Å²) >= 11 is 0. The lowest BCUT2D eigenvalue weighted by Gasteiger charge is -2.35. The van der Waals surface area contributed by atoms with Crippen molar-refractivity contribution in [3.63, 3.8) is 0 Å². The summed E-state index contributed by atoms with van der Waals surface area (Å²) < 4.78 is 0. The maximum atomic E-state index is 9.61. The highest BCUT2D eigenvalue weighted by Crippen LogP contribution is 2.35. The molecule has 1 aromatic carbocycles. The summed E-state index contributed by atoms with van der Waals surface area (Å²) in [5.41, 5.74) is 0.955. The molecule has 0 radical (unpaired) electrons. The zero-order chi connectivity index (χ0) is 13.7. The molecule has 1 saturated carbocycles. The predicted octanol–water partition coefficient (Wildman–Crippen LogP) is 2.13. The Hall–Kier alpha value is -1.26. The van der Waals surface area contributed by atoms with Crippen LogP contribution in [0.4, 0.5) is 0 Å². The van der Waals surface area contributed by atoms with Crippen molar-refractivity contribution in [2.24, 2.45) is 5.41 Å². The van der Waals surface area contributed by atoms with Gasteiger partial charge in [0, 0.05) is 25.1 Å². The summed E-state index contributed by atoms with van der Waals surface area (Å²) in [5, 5.41) is 31.6. The van der Waals surface area contributed by atoms with Crippen LogP contribution < -0.4 is 5.32 Å². The van der Waals surface area contributed by atoms with Crippen molar-refractivity contribution in [1.29, 1.82) is 0 Å². The zero-order valence-corrected chi connectivity index (χ0v) is 11.2. The van der Waals surface area contributed by atoms with Crippen molar-refractivity contribution < 1.29 is 15.3 Å². The van der Waals surface area contributed by atoms with Gasteiger partial charge >= 0.3 is 0 Å². The number of phenols is 2. The molecule has 2 rings (SSSR count). The lowest BCUT2D eigenvalue weighted by molar-refractivity contribution is 0.0810. The molecule has 0 saturated heterocycles. The zero-order valence-electron chi connectivity index (χ0n) is 11.2. The van der Waals surface area contributed by atoms with E-state index in [0.717, 1.165) is 24.9 Å². The molecule has 1 aromatic rings. The van der Waals surface area contributed by atoms with E-state index in [9.17, 15) is 15.3 Å². The van der Waals surface area contributed by atoms with Gasteiger partial charge in [0.15, 0.2) is 11.5 Å². The molecule has 0 bridgehead atoms. The number of phenolic OH excluding ortho intramolecular Hbond substituents is 2. The van der Waals surface area contributed by atoms with Crippen molar-refractivity contribution in [2.45, 2.75) is 38.6 Å². The third-order valence-electron chi connectivity index (χ3n) is 4.12.